The number of ether oxygens (including phenoxy) is 2. The number of carboxylic acids is 1. The standard InChI is InChI=1S/C27H44O8.Na/c1-13(28)17-6-7-18-16-5-4-14-12-15(8-10-26(14,2)19(16)9-11-27(17,18)3)34-25-22(31)20(29)21(30)23(35-25)24(32)33;/h13-23,25,28-31H,4-12H2,1-3H3,(H,32,33);/t13?,14?,15-,16?,17?,18?,19?,20+,21+,22-,23?,25-,26?,27?;/m1./s1. The number of aliphatic hydroxyl groups excluding tert-OH is 4. The Morgan fingerprint density at radius 1 is 0.917 bits per heavy atom. The first kappa shape index (κ1) is 29.2. The van der Waals surface area contributed by atoms with Gasteiger partial charge in [0.1, 0.15) is 18.3 Å². The van der Waals surface area contributed by atoms with E-state index in [2.05, 4.69) is 13.8 Å². The topological polar surface area (TPSA) is 137 Å². The number of rotatable bonds is 4. The van der Waals surface area contributed by atoms with E-state index in [0.717, 1.165) is 32.1 Å². The number of aliphatic carboxylic acids is 1. The van der Waals surface area contributed by atoms with E-state index in [1.54, 1.807) is 0 Å². The van der Waals surface area contributed by atoms with Gasteiger partial charge in [-0.1, -0.05) is 13.8 Å². The molecular formula is C27H44NaO8. The predicted molar refractivity (Wildman–Crippen MR) is 132 cm³/mol. The van der Waals surface area contributed by atoms with E-state index in [1.165, 1.54) is 25.7 Å². The molecule has 201 valence electrons. The van der Waals surface area contributed by atoms with E-state index in [-0.39, 0.29) is 52.6 Å². The average Bonchev–Trinajstić information content (AvgIpc) is 3.17. The molecule has 0 amide bonds. The van der Waals surface area contributed by atoms with E-state index in [1.807, 2.05) is 6.92 Å². The van der Waals surface area contributed by atoms with Crippen LogP contribution >= 0.6 is 0 Å². The van der Waals surface area contributed by atoms with Crippen molar-refractivity contribution in [2.24, 2.45) is 40.4 Å². The summed E-state index contributed by atoms with van der Waals surface area (Å²) in [6.07, 6.45) is 1.63. The fourth-order valence-electron chi connectivity index (χ4n) is 9.53. The Morgan fingerprint density at radius 2 is 1.58 bits per heavy atom. The molecule has 1 aliphatic heterocycles. The van der Waals surface area contributed by atoms with Gasteiger partial charge in [-0.25, -0.2) is 4.79 Å². The molecule has 0 aromatic carbocycles. The van der Waals surface area contributed by atoms with Crippen LogP contribution in [0.1, 0.15) is 78.6 Å². The quantitative estimate of drug-likeness (QED) is 0.281. The fraction of sp³-hybridized carbons (Fsp3) is 0.963. The smallest absolute Gasteiger partial charge is 0.335 e. The Labute approximate surface area is 236 Å². The average molecular weight is 520 g/mol. The van der Waals surface area contributed by atoms with E-state index in [4.69, 9.17) is 9.47 Å². The largest absolute Gasteiger partial charge is 0.479 e. The third kappa shape index (κ3) is 4.64. The molecule has 9 unspecified atom stereocenters. The maximum absolute atomic E-state index is 11.4. The van der Waals surface area contributed by atoms with Crippen molar-refractivity contribution in [3.63, 3.8) is 0 Å². The molecule has 36 heavy (non-hydrogen) atoms. The molecular weight excluding hydrogens is 475 g/mol. The molecule has 9 heteroatoms. The number of hydrogen-bond donors (Lipinski definition) is 5. The minimum atomic E-state index is -1.70. The van der Waals surface area contributed by atoms with Gasteiger partial charge in [0, 0.05) is 29.6 Å². The van der Waals surface area contributed by atoms with Crippen LogP contribution in [0.5, 0.6) is 0 Å². The molecule has 4 saturated carbocycles. The van der Waals surface area contributed by atoms with Gasteiger partial charge in [-0.3, -0.25) is 0 Å². The van der Waals surface area contributed by atoms with Crippen molar-refractivity contribution in [2.75, 3.05) is 0 Å². The minimum absolute atomic E-state index is 0. The molecule has 5 aliphatic rings. The van der Waals surface area contributed by atoms with Gasteiger partial charge in [0.2, 0.25) is 0 Å². The van der Waals surface area contributed by atoms with Crippen LogP contribution in [0.2, 0.25) is 0 Å². The Morgan fingerprint density at radius 3 is 2.25 bits per heavy atom. The molecule has 0 bridgehead atoms. The van der Waals surface area contributed by atoms with Crippen LogP contribution in [0, 0.1) is 40.4 Å². The normalized spacial score (nSPS) is 53.4. The summed E-state index contributed by atoms with van der Waals surface area (Å²) in [6.45, 7) is 6.86. The van der Waals surface area contributed by atoms with Gasteiger partial charge in [0.05, 0.1) is 12.2 Å². The first-order valence-corrected chi connectivity index (χ1v) is 13.7. The molecule has 0 aromatic heterocycles. The van der Waals surface area contributed by atoms with E-state index >= 15 is 0 Å². The number of aliphatic hydroxyl groups is 4. The van der Waals surface area contributed by atoms with Crippen LogP contribution in [-0.2, 0) is 14.3 Å². The van der Waals surface area contributed by atoms with Crippen molar-refractivity contribution in [1.82, 2.24) is 0 Å². The monoisotopic (exact) mass is 519 g/mol. The molecule has 14 atom stereocenters. The number of hydrogen-bond acceptors (Lipinski definition) is 7. The van der Waals surface area contributed by atoms with Crippen LogP contribution in [0.25, 0.3) is 0 Å². The van der Waals surface area contributed by atoms with Crippen LogP contribution in [0.4, 0.5) is 0 Å². The summed E-state index contributed by atoms with van der Waals surface area (Å²) < 4.78 is 11.4. The van der Waals surface area contributed by atoms with Gasteiger partial charge < -0.3 is 35.0 Å². The number of carbonyl (C=O) groups is 1. The Balaban J connectivity index is 0.00000304. The molecule has 0 aromatic rings. The third-order valence-corrected chi connectivity index (χ3v) is 11.4. The second-order valence-electron chi connectivity index (χ2n) is 12.9. The van der Waals surface area contributed by atoms with Crippen molar-refractivity contribution in [2.45, 2.75) is 121 Å². The van der Waals surface area contributed by atoms with Gasteiger partial charge in [0.25, 0.3) is 0 Å². The van der Waals surface area contributed by atoms with Crippen LogP contribution in [0.3, 0.4) is 0 Å². The maximum atomic E-state index is 11.4. The summed E-state index contributed by atoms with van der Waals surface area (Å²) in [5, 5.41) is 50.2. The summed E-state index contributed by atoms with van der Waals surface area (Å²) in [4.78, 5) is 11.4. The molecule has 1 heterocycles. The summed E-state index contributed by atoms with van der Waals surface area (Å²) in [6, 6.07) is 0. The SMILES string of the molecule is CC(O)C1CCC2C3CCC4C[C@H](O[C@@H]5OC(C(=O)O)[C@@H](O)[C@H](O)[C@H]5O)CCC4(C)C3CCC12C.[Na]. The van der Waals surface area contributed by atoms with Crippen LogP contribution < -0.4 is 0 Å². The Kier molecular flexibility index (Phi) is 8.65. The molecule has 4 aliphatic carbocycles. The predicted octanol–water partition coefficient (Wildman–Crippen LogP) is 1.92. The van der Waals surface area contributed by atoms with Crippen molar-refractivity contribution < 1.29 is 39.8 Å². The van der Waals surface area contributed by atoms with Gasteiger partial charge in [-0.15, -0.1) is 0 Å². The van der Waals surface area contributed by atoms with E-state index < -0.39 is 36.7 Å². The fourth-order valence-corrected chi connectivity index (χ4v) is 9.53. The van der Waals surface area contributed by atoms with Crippen molar-refractivity contribution in [3.8, 4) is 0 Å². The van der Waals surface area contributed by atoms with Crippen LogP contribution in [-0.4, -0.2) is 104 Å². The maximum Gasteiger partial charge on any atom is 0.335 e. The number of carboxylic acid groups (broad SMARTS) is 1. The van der Waals surface area contributed by atoms with Gasteiger partial charge in [-0.2, -0.15) is 0 Å². The van der Waals surface area contributed by atoms with Crippen LogP contribution in [0.15, 0.2) is 0 Å². The zero-order valence-corrected chi connectivity index (χ0v) is 24.3. The van der Waals surface area contributed by atoms with Gasteiger partial charge >= 0.3 is 5.97 Å². The van der Waals surface area contributed by atoms with Gasteiger partial charge in [-0.05, 0) is 105 Å². The zero-order chi connectivity index (χ0) is 25.3. The summed E-state index contributed by atoms with van der Waals surface area (Å²) in [5.74, 6) is 1.60. The van der Waals surface area contributed by atoms with Crippen molar-refractivity contribution in [3.05, 3.63) is 0 Å². The summed E-state index contributed by atoms with van der Waals surface area (Å²) >= 11 is 0. The molecule has 1 radical (unpaired) electrons. The molecule has 5 fully saturated rings. The Hall–Kier alpha value is 0.230. The Bertz CT molecular complexity index is 811. The van der Waals surface area contributed by atoms with E-state index in [9.17, 15) is 30.3 Å². The molecule has 1 saturated heterocycles. The van der Waals surface area contributed by atoms with Crippen molar-refractivity contribution >= 4 is 35.5 Å². The molecule has 8 nitrogen and oxygen atoms in total. The molecule has 5 N–H and O–H groups in total. The second-order valence-corrected chi connectivity index (χ2v) is 12.9. The summed E-state index contributed by atoms with van der Waals surface area (Å²) in [7, 11) is 0. The zero-order valence-electron chi connectivity index (χ0n) is 22.3. The van der Waals surface area contributed by atoms with Gasteiger partial charge in [0.15, 0.2) is 12.4 Å². The number of fused-ring (bicyclic) bond motifs is 5. The second kappa shape index (κ2) is 10.7. The van der Waals surface area contributed by atoms with Crippen molar-refractivity contribution in [1.29, 1.82) is 0 Å². The van der Waals surface area contributed by atoms with E-state index in [0.29, 0.717) is 29.6 Å². The minimum Gasteiger partial charge on any atom is -0.479 e. The first-order valence-electron chi connectivity index (χ1n) is 13.7. The third-order valence-electron chi connectivity index (χ3n) is 11.4. The summed E-state index contributed by atoms with van der Waals surface area (Å²) in [5.41, 5.74) is 0.484. The first-order chi connectivity index (χ1) is 16.5. The molecule has 0 spiro atoms. The molecule has 5 rings (SSSR count).